The Morgan fingerprint density at radius 3 is 2.43 bits per heavy atom. The van der Waals surface area contributed by atoms with Gasteiger partial charge in [-0.1, -0.05) is 42.3 Å². The summed E-state index contributed by atoms with van der Waals surface area (Å²) in [4.78, 5) is 64.2. The molecule has 3 amide bonds. The molecule has 182 valence electrons. The lowest BCUT2D eigenvalue weighted by atomic mass is 9.76. The number of rotatable bonds is 6. The van der Waals surface area contributed by atoms with Gasteiger partial charge in [0.05, 0.1) is 21.8 Å². The highest BCUT2D eigenvalue weighted by atomic mass is 35.5. The van der Waals surface area contributed by atoms with E-state index in [1.807, 2.05) is 6.92 Å². The fraction of sp³-hybridized carbons (Fsp3) is 0.333. The molecular formula is C24H21Cl2N3O6. The molecule has 0 bridgehead atoms. The first kappa shape index (κ1) is 24.8. The minimum atomic E-state index is -1.01. The summed E-state index contributed by atoms with van der Waals surface area (Å²) in [6, 6.07) is 9.33. The highest BCUT2D eigenvalue weighted by Gasteiger charge is 2.53. The molecule has 0 N–H and O–H groups in total. The molecule has 0 spiro atoms. The molecule has 4 rings (SSSR count). The number of nitro groups is 1. The monoisotopic (exact) mass is 517 g/mol. The lowest BCUT2D eigenvalue weighted by Gasteiger charge is -2.30. The number of Topliss-reactive ketones (excluding diaryl/α,β-unsaturated/α-hetero) is 1. The number of nitrogens with zero attached hydrogens (tertiary/aromatic N) is 3. The summed E-state index contributed by atoms with van der Waals surface area (Å²) in [6.45, 7) is 1.26. The Labute approximate surface area is 210 Å². The van der Waals surface area contributed by atoms with Crippen LogP contribution in [0.2, 0.25) is 10.0 Å². The van der Waals surface area contributed by atoms with Crippen LogP contribution in [0.4, 0.5) is 5.69 Å². The minimum absolute atomic E-state index is 0.0292. The number of halogens is 2. The first-order valence-corrected chi connectivity index (χ1v) is 11.8. The molecule has 0 unspecified atom stereocenters. The highest BCUT2D eigenvalue weighted by Crippen LogP contribution is 2.41. The second kappa shape index (κ2) is 9.75. The maximum atomic E-state index is 13.6. The van der Waals surface area contributed by atoms with Crippen LogP contribution in [0, 0.1) is 27.9 Å². The maximum Gasteiger partial charge on any atom is 0.282 e. The summed E-state index contributed by atoms with van der Waals surface area (Å²) in [6.07, 6.45) is 1.72. The van der Waals surface area contributed by atoms with Crippen LogP contribution in [0.25, 0.3) is 0 Å². The molecule has 0 aromatic heterocycles. The number of hydrogen-bond acceptors (Lipinski definition) is 6. The number of imide groups is 1. The minimum Gasteiger partial charge on any atom is -0.292 e. The second-order valence-corrected chi connectivity index (χ2v) is 9.65. The topological polar surface area (TPSA) is 118 Å². The molecule has 1 aliphatic carbocycles. The van der Waals surface area contributed by atoms with E-state index in [9.17, 15) is 29.3 Å². The van der Waals surface area contributed by atoms with Crippen molar-refractivity contribution in [1.29, 1.82) is 0 Å². The Balaban J connectivity index is 1.76. The lowest BCUT2D eigenvalue weighted by molar-refractivity contribution is -0.385. The van der Waals surface area contributed by atoms with Gasteiger partial charge in [-0.2, -0.15) is 5.01 Å². The first-order valence-electron chi connectivity index (χ1n) is 11.0. The number of benzene rings is 2. The van der Waals surface area contributed by atoms with Gasteiger partial charge in [0.2, 0.25) is 0 Å². The third kappa shape index (κ3) is 4.66. The molecule has 2 aliphatic rings. The quantitative estimate of drug-likeness (QED) is 0.240. The molecule has 2 aromatic carbocycles. The van der Waals surface area contributed by atoms with Crippen molar-refractivity contribution < 1.29 is 24.1 Å². The molecule has 1 aliphatic heterocycles. The Kier molecular flexibility index (Phi) is 6.91. The van der Waals surface area contributed by atoms with Gasteiger partial charge >= 0.3 is 0 Å². The SMILES string of the molecule is C[C@@H]1CC[C@@H]2C(=O)N(N(CC(=O)c3ccc(Cl)cc3Cl)C(=O)c3ccccc3[N+](=O)[O-])C(=O)[C@H]2C1. The van der Waals surface area contributed by atoms with Crippen LogP contribution >= 0.6 is 23.2 Å². The summed E-state index contributed by atoms with van der Waals surface area (Å²) in [5, 5.41) is 13.3. The second-order valence-electron chi connectivity index (χ2n) is 8.80. The number of nitro benzene ring substituents is 1. The smallest absolute Gasteiger partial charge is 0.282 e. The number of fused-ring (bicyclic) bond motifs is 1. The standard InChI is InChI=1S/C24H21Cl2N3O6/c1-13-6-8-15-18(10-13)24(33)28(23(15)32)27(12-21(30)16-9-7-14(25)11-19(16)26)22(31)17-4-2-3-5-20(17)29(34)35/h2-5,7,9,11,13,15,18H,6,8,10,12H2,1H3/t13-,15+,18+/m1/s1. The average Bonchev–Trinajstić information content (AvgIpc) is 3.06. The maximum absolute atomic E-state index is 13.6. The van der Waals surface area contributed by atoms with Crippen LogP contribution in [0.1, 0.15) is 46.9 Å². The van der Waals surface area contributed by atoms with E-state index in [0.29, 0.717) is 27.9 Å². The van der Waals surface area contributed by atoms with Crippen LogP contribution in [0.15, 0.2) is 42.5 Å². The molecule has 1 heterocycles. The Morgan fingerprint density at radius 2 is 1.74 bits per heavy atom. The van der Waals surface area contributed by atoms with Crippen LogP contribution in [0.3, 0.4) is 0 Å². The van der Waals surface area contributed by atoms with Gasteiger partial charge in [0.1, 0.15) is 12.1 Å². The van der Waals surface area contributed by atoms with Crippen molar-refractivity contribution in [3.63, 3.8) is 0 Å². The Hall–Kier alpha value is -3.30. The van der Waals surface area contributed by atoms with Gasteiger partial charge in [-0.05, 0) is 49.4 Å². The van der Waals surface area contributed by atoms with E-state index in [0.717, 1.165) is 12.5 Å². The van der Waals surface area contributed by atoms with Gasteiger partial charge in [-0.15, -0.1) is 0 Å². The van der Waals surface area contributed by atoms with Crippen molar-refractivity contribution >= 4 is 52.4 Å². The summed E-state index contributed by atoms with van der Waals surface area (Å²) in [5.41, 5.74) is -0.831. The van der Waals surface area contributed by atoms with Crippen LogP contribution < -0.4 is 0 Å². The average molecular weight is 518 g/mol. The van der Waals surface area contributed by atoms with Crippen LogP contribution in [0.5, 0.6) is 0 Å². The van der Waals surface area contributed by atoms with Gasteiger partial charge in [-0.25, -0.2) is 5.01 Å². The van der Waals surface area contributed by atoms with E-state index in [1.54, 1.807) is 0 Å². The third-order valence-corrected chi connectivity index (χ3v) is 7.04. The molecule has 2 fully saturated rings. The van der Waals surface area contributed by atoms with Gasteiger partial charge < -0.3 is 0 Å². The number of para-hydroxylation sites is 1. The van der Waals surface area contributed by atoms with Crippen molar-refractivity contribution in [1.82, 2.24) is 10.0 Å². The number of amides is 3. The van der Waals surface area contributed by atoms with E-state index < -0.39 is 52.5 Å². The summed E-state index contributed by atoms with van der Waals surface area (Å²) in [7, 11) is 0. The largest absolute Gasteiger partial charge is 0.292 e. The summed E-state index contributed by atoms with van der Waals surface area (Å²) in [5.74, 6) is -3.84. The predicted molar refractivity (Wildman–Crippen MR) is 127 cm³/mol. The van der Waals surface area contributed by atoms with Crippen LogP contribution in [-0.2, 0) is 9.59 Å². The normalized spacial score (nSPS) is 21.6. The molecule has 3 atom stereocenters. The number of hydrogen-bond donors (Lipinski definition) is 0. The fourth-order valence-electron chi connectivity index (χ4n) is 4.73. The Morgan fingerprint density at radius 1 is 1.06 bits per heavy atom. The molecule has 2 aromatic rings. The fourth-order valence-corrected chi connectivity index (χ4v) is 5.25. The van der Waals surface area contributed by atoms with E-state index in [1.165, 1.54) is 36.4 Å². The number of ketones is 1. The molecule has 35 heavy (non-hydrogen) atoms. The molecule has 9 nitrogen and oxygen atoms in total. The summed E-state index contributed by atoms with van der Waals surface area (Å²) < 4.78 is 0. The van der Waals surface area contributed by atoms with Crippen molar-refractivity contribution in [3.05, 3.63) is 73.8 Å². The highest BCUT2D eigenvalue weighted by molar-refractivity contribution is 6.37. The number of hydrazine groups is 1. The summed E-state index contributed by atoms with van der Waals surface area (Å²) >= 11 is 12.1. The van der Waals surface area contributed by atoms with Gasteiger partial charge in [-0.3, -0.25) is 29.3 Å². The van der Waals surface area contributed by atoms with E-state index in [-0.39, 0.29) is 22.1 Å². The van der Waals surface area contributed by atoms with E-state index in [2.05, 4.69) is 0 Å². The number of carbonyl (C=O) groups excluding carboxylic acids is 4. The number of carbonyl (C=O) groups is 4. The molecule has 1 saturated carbocycles. The van der Waals surface area contributed by atoms with E-state index in [4.69, 9.17) is 23.2 Å². The van der Waals surface area contributed by atoms with Crippen molar-refractivity contribution in [2.75, 3.05) is 6.54 Å². The molecule has 1 saturated heterocycles. The van der Waals surface area contributed by atoms with Gasteiger partial charge in [0.15, 0.2) is 5.78 Å². The zero-order valence-electron chi connectivity index (χ0n) is 18.6. The zero-order valence-corrected chi connectivity index (χ0v) is 20.2. The van der Waals surface area contributed by atoms with Crippen molar-refractivity contribution in [2.45, 2.75) is 26.2 Å². The molecular weight excluding hydrogens is 497 g/mol. The first-order chi connectivity index (χ1) is 16.6. The Bertz CT molecular complexity index is 1250. The molecule has 0 radical (unpaired) electrons. The van der Waals surface area contributed by atoms with Crippen molar-refractivity contribution in [3.8, 4) is 0 Å². The van der Waals surface area contributed by atoms with E-state index >= 15 is 0 Å². The zero-order chi connectivity index (χ0) is 25.4. The lowest BCUT2D eigenvalue weighted by Crippen LogP contribution is -2.52. The predicted octanol–water partition coefficient (Wildman–Crippen LogP) is 4.56. The van der Waals surface area contributed by atoms with Gasteiger partial charge in [0.25, 0.3) is 23.4 Å². The molecule has 11 heteroatoms. The van der Waals surface area contributed by atoms with Gasteiger partial charge in [0, 0.05) is 16.7 Å². The van der Waals surface area contributed by atoms with Crippen LogP contribution in [-0.4, -0.2) is 45.0 Å². The third-order valence-electron chi connectivity index (χ3n) is 6.50. The van der Waals surface area contributed by atoms with Crippen molar-refractivity contribution in [2.24, 2.45) is 17.8 Å².